The van der Waals surface area contributed by atoms with Gasteiger partial charge >= 0.3 is 6.18 Å². The van der Waals surface area contributed by atoms with E-state index in [0.717, 1.165) is 18.4 Å². The van der Waals surface area contributed by atoms with Crippen molar-refractivity contribution in [2.24, 2.45) is 0 Å². The van der Waals surface area contributed by atoms with Gasteiger partial charge in [-0.3, -0.25) is 9.52 Å². The van der Waals surface area contributed by atoms with Gasteiger partial charge in [0.05, 0.1) is 28.8 Å². The lowest BCUT2D eigenvalue weighted by molar-refractivity contribution is -0.136. The third-order valence-electron chi connectivity index (χ3n) is 2.95. The van der Waals surface area contributed by atoms with E-state index >= 15 is 0 Å². The van der Waals surface area contributed by atoms with Gasteiger partial charge in [-0.15, -0.1) is 0 Å². The van der Waals surface area contributed by atoms with Crippen LogP contribution in [0.15, 0.2) is 48.5 Å². The molecule has 0 atom stereocenters. The van der Waals surface area contributed by atoms with Crippen LogP contribution in [-0.4, -0.2) is 20.6 Å². The van der Waals surface area contributed by atoms with Gasteiger partial charge in [0, 0.05) is 0 Å². The molecule has 0 heterocycles. The number of hydrogen-bond acceptors (Lipinski definition) is 3. The molecule has 0 saturated heterocycles. The summed E-state index contributed by atoms with van der Waals surface area (Å²) >= 11 is 0. The number of rotatable bonds is 4. The first kappa shape index (κ1) is 17.8. The fourth-order valence-corrected chi connectivity index (χ4v) is 2.58. The minimum atomic E-state index is -4.63. The average Bonchev–Trinajstić information content (AvgIpc) is 2.45. The molecule has 0 bridgehead atoms. The quantitative estimate of drug-likeness (QED) is 0.880. The molecule has 0 aromatic heterocycles. The number of carbonyl (C=O) groups excluding carboxylic acids is 1. The summed E-state index contributed by atoms with van der Waals surface area (Å²) in [5.41, 5.74) is -1.53. The molecule has 0 unspecified atom stereocenters. The highest BCUT2D eigenvalue weighted by Gasteiger charge is 2.33. The second-order valence-electron chi connectivity index (χ2n) is 4.92. The van der Waals surface area contributed by atoms with Crippen molar-refractivity contribution in [3.8, 4) is 0 Å². The highest BCUT2D eigenvalue weighted by atomic mass is 32.2. The number of hydrogen-bond donors (Lipinski definition) is 2. The predicted molar refractivity (Wildman–Crippen MR) is 84.3 cm³/mol. The largest absolute Gasteiger partial charge is 0.418 e. The van der Waals surface area contributed by atoms with Gasteiger partial charge in [0.15, 0.2) is 0 Å². The topological polar surface area (TPSA) is 75.3 Å². The number of para-hydroxylation sites is 2. The van der Waals surface area contributed by atoms with E-state index in [2.05, 4.69) is 10.0 Å². The number of amides is 1. The number of alkyl halides is 3. The minimum Gasteiger partial charge on any atom is -0.321 e. The van der Waals surface area contributed by atoms with Crippen LogP contribution in [0, 0.1) is 0 Å². The standard InChI is InChI=1S/C15H13F3N2O3S/c1-24(22,23)20-12-8-4-2-6-10(12)14(21)19-13-9-5-3-7-11(13)15(16,17)18/h2-9,20H,1H3,(H,19,21). The zero-order valence-electron chi connectivity index (χ0n) is 12.4. The van der Waals surface area contributed by atoms with Crippen molar-refractivity contribution >= 4 is 27.3 Å². The van der Waals surface area contributed by atoms with Crippen molar-refractivity contribution in [2.45, 2.75) is 6.18 Å². The predicted octanol–water partition coefficient (Wildman–Crippen LogP) is 3.33. The van der Waals surface area contributed by atoms with E-state index in [-0.39, 0.29) is 11.3 Å². The summed E-state index contributed by atoms with van der Waals surface area (Å²) in [5, 5.41) is 2.17. The van der Waals surface area contributed by atoms with E-state index in [9.17, 15) is 26.4 Å². The lowest BCUT2D eigenvalue weighted by Crippen LogP contribution is -2.19. The molecule has 0 fully saturated rings. The number of benzene rings is 2. The maximum Gasteiger partial charge on any atom is 0.418 e. The first-order valence-corrected chi connectivity index (χ1v) is 8.51. The number of anilines is 2. The van der Waals surface area contributed by atoms with Crippen LogP contribution in [0.2, 0.25) is 0 Å². The van der Waals surface area contributed by atoms with Crippen molar-refractivity contribution in [2.75, 3.05) is 16.3 Å². The monoisotopic (exact) mass is 358 g/mol. The Hall–Kier alpha value is -2.55. The lowest BCUT2D eigenvalue weighted by atomic mass is 10.1. The maximum absolute atomic E-state index is 13.0. The minimum absolute atomic E-state index is 0.0259. The van der Waals surface area contributed by atoms with Gasteiger partial charge in [-0.2, -0.15) is 13.2 Å². The van der Waals surface area contributed by atoms with Crippen LogP contribution in [0.25, 0.3) is 0 Å². The van der Waals surface area contributed by atoms with Gasteiger partial charge in [-0.25, -0.2) is 8.42 Å². The van der Waals surface area contributed by atoms with Crippen molar-refractivity contribution in [3.05, 3.63) is 59.7 Å². The highest BCUT2D eigenvalue weighted by Crippen LogP contribution is 2.34. The van der Waals surface area contributed by atoms with Crippen LogP contribution in [0.1, 0.15) is 15.9 Å². The molecule has 9 heteroatoms. The molecule has 0 aliphatic rings. The Morgan fingerprint density at radius 3 is 2.08 bits per heavy atom. The van der Waals surface area contributed by atoms with E-state index in [1.165, 1.54) is 36.4 Å². The van der Waals surface area contributed by atoms with Crippen molar-refractivity contribution < 1.29 is 26.4 Å². The third-order valence-corrected chi connectivity index (χ3v) is 3.54. The third kappa shape index (κ3) is 4.48. The molecule has 1 amide bonds. The molecule has 0 spiro atoms. The van der Waals surface area contributed by atoms with Crippen molar-refractivity contribution in [1.82, 2.24) is 0 Å². The van der Waals surface area contributed by atoms with Crippen molar-refractivity contribution in [1.29, 1.82) is 0 Å². The molecule has 0 saturated carbocycles. The summed E-state index contributed by atoms with van der Waals surface area (Å²) in [5.74, 6) is -0.863. The Balaban J connectivity index is 2.36. The molecule has 2 N–H and O–H groups in total. The zero-order chi connectivity index (χ0) is 18.0. The summed E-state index contributed by atoms with van der Waals surface area (Å²) in [6.07, 6.45) is -3.73. The molecule has 2 rings (SSSR count). The Bertz CT molecular complexity index is 864. The Morgan fingerprint density at radius 2 is 1.50 bits per heavy atom. The molecule has 5 nitrogen and oxygen atoms in total. The summed E-state index contributed by atoms with van der Waals surface area (Å²) in [7, 11) is -3.65. The lowest BCUT2D eigenvalue weighted by Gasteiger charge is -2.15. The van der Waals surface area contributed by atoms with Crippen LogP contribution >= 0.6 is 0 Å². The van der Waals surface area contributed by atoms with Crippen LogP contribution in [0.4, 0.5) is 24.5 Å². The van der Waals surface area contributed by atoms with Gasteiger partial charge in [0.1, 0.15) is 0 Å². The second kappa shape index (κ2) is 6.52. The number of sulfonamides is 1. The van der Waals surface area contributed by atoms with E-state index in [0.29, 0.717) is 0 Å². The first-order valence-electron chi connectivity index (χ1n) is 6.62. The van der Waals surface area contributed by atoms with Gasteiger partial charge in [-0.05, 0) is 24.3 Å². The first-order chi connectivity index (χ1) is 11.1. The number of nitrogens with one attached hydrogen (secondary N) is 2. The Kier molecular flexibility index (Phi) is 4.83. The SMILES string of the molecule is CS(=O)(=O)Nc1ccccc1C(=O)Nc1ccccc1C(F)(F)F. The molecule has 2 aromatic carbocycles. The van der Waals surface area contributed by atoms with E-state index in [4.69, 9.17) is 0 Å². The molecule has 128 valence electrons. The molecule has 0 aliphatic carbocycles. The summed E-state index contributed by atoms with van der Waals surface area (Å²) in [6.45, 7) is 0. The van der Waals surface area contributed by atoms with E-state index in [1.54, 1.807) is 0 Å². The fraction of sp³-hybridized carbons (Fsp3) is 0.133. The summed E-state index contributed by atoms with van der Waals surface area (Å²) < 4.78 is 63.7. The number of halogens is 3. The van der Waals surface area contributed by atoms with Crippen LogP contribution < -0.4 is 10.0 Å². The van der Waals surface area contributed by atoms with Gasteiger partial charge in [-0.1, -0.05) is 24.3 Å². The smallest absolute Gasteiger partial charge is 0.321 e. The van der Waals surface area contributed by atoms with Crippen molar-refractivity contribution in [3.63, 3.8) is 0 Å². The average molecular weight is 358 g/mol. The normalized spacial score (nSPS) is 11.8. The summed E-state index contributed by atoms with van der Waals surface area (Å²) in [4.78, 5) is 12.3. The van der Waals surface area contributed by atoms with Crippen LogP contribution in [-0.2, 0) is 16.2 Å². The highest BCUT2D eigenvalue weighted by molar-refractivity contribution is 7.92. The number of carbonyl (C=O) groups is 1. The molecule has 2 aromatic rings. The Morgan fingerprint density at radius 1 is 0.958 bits per heavy atom. The van der Waals surface area contributed by atoms with E-state index in [1.807, 2.05) is 0 Å². The molecular weight excluding hydrogens is 345 g/mol. The van der Waals surface area contributed by atoms with Gasteiger partial charge < -0.3 is 5.32 Å². The molecule has 0 radical (unpaired) electrons. The van der Waals surface area contributed by atoms with Gasteiger partial charge in [0.2, 0.25) is 10.0 Å². The maximum atomic E-state index is 13.0. The van der Waals surface area contributed by atoms with Crippen LogP contribution in [0.5, 0.6) is 0 Å². The zero-order valence-corrected chi connectivity index (χ0v) is 13.2. The van der Waals surface area contributed by atoms with E-state index < -0.39 is 33.4 Å². The summed E-state index contributed by atoms with van der Waals surface area (Å²) in [6, 6.07) is 10.1. The Labute approximate surface area is 136 Å². The molecule has 24 heavy (non-hydrogen) atoms. The van der Waals surface area contributed by atoms with Crippen LogP contribution in [0.3, 0.4) is 0 Å². The van der Waals surface area contributed by atoms with Gasteiger partial charge in [0.25, 0.3) is 5.91 Å². The fourth-order valence-electron chi connectivity index (χ4n) is 2.00. The molecule has 0 aliphatic heterocycles. The molecular formula is C15H13F3N2O3S. The second-order valence-corrected chi connectivity index (χ2v) is 6.67.